The van der Waals surface area contributed by atoms with Crippen molar-refractivity contribution in [1.29, 1.82) is 0 Å². The van der Waals surface area contributed by atoms with Gasteiger partial charge in [0.2, 0.25) is 0 Å². The van der Waals surface area contributed by atoms with Gasteiger partial charge in [0.05, 0.1) is 0 Å². The van der Waals surface area contributed by atoms with Crippen LogP contribution in [-0.2, 0) is 7.05 Å². The van der Waals surface area contributed by atoms with Gasteiger partial charge in [0.1, 0.15) is 5.82 Å². The number of hydrogen-bond donors (Lipinski definition) is 1. The second kappa shape index (κ2) is 3.82. The Balaban J connectivity index is 2.36. The molecule has 3 N–H and O–H groups in total. The van der Waals surface area contributed by atoms with E-state index in [2.05, 4.69) is 10.7 Å². The molecule has 0 aliphatic rings. The van der Waals surface area contributed by atoms with Gasteiger partial charge in [-0.2, -0.15) is 0 Å². The van der Waals surface area contributed by atoms with Crippen LogP contribution in [0.15, 0.2) is 36.7 Å². The fourth-order valence-corrected chi connectivity index (χ4v) is 1.59. The number of benzene rings is 1. The van der Waals surface area contributed by atoms with E-state index in [1.54, 1.807) is 12.3 Å². The molecule has 1 aromatic heterocycles. The van der Waals surface area contributed by atoms with Crippen LogP contribution in [0.5, 0.6) is 0 Å². The topological polar surface area (TPSA) is 45.5 Å². The summed E-state index contributed by atoms with van der Waals surface area (Å²) in [6.45, 7) is 0. The van der Waals surface area contributed by atoms with Gasteiger partial charge in [-0.15, -0.1) is 0 Å². The number of hydrogen-bond acceptors (Lipinski definition) is 1. The molecule has 0 amide bonds. The molecule has 0 unspecified atom stereocenters. The minimum absolute atomic E-state index is 0.138. The molecule has 2 rings (SSSR count). The molecule has 1 heterocycles. The molecule has 2 aromatic rings. The predicted molar refractivity (Wildman–Crippen MR) is 54.3 cm³/mol. The molecule has 0 saturated heterocycles. The number of aryl methyl sites for hydroxylation is 1. The van der Waals surface area contributed by atoms with Crippen LogP contribution in [0.3, 0.4) is 0 Å². The van der Waals surface area contributed by atoms with E-state index in [1.165, 1.54) is 12.1 Å². The smallest absolute Gasteiger partial charge is 0.172 e. The number of imidazole rings is 1. The minimum atomic E-state index is -0.240. The fourth-order valence-electron chi connectivity index (χ4n) is 1.59. The van der Waals surface area contributed by atoms with Crippen LogP contribution >= 0.6 is 0 Å². The quantitative estimate of drug-likeness (QED) is 0.779. The summed E-state index contributed by atoms with van der Waals surface area (Å²) in [5, 5.41) is 0. The largest absolute Gasteiger partial charge is 0.345 e. The average molecular weight is 206 g/mol. The molecular formula is C11H13FN3+. The van der Waals surface area contributed by atoms with Gasteiger partial charge < -0.3 is 10.3 Å². The highest BCUT2D eigenvalue weighted by Gasteiger charge is 2.17. The van der Waals surface area contributed by atoms with Gasteiger partial charge in [-0.25, -0.2) is 9.37 Å². The van der Waals surface area contributed by atoms with Gasteiger partial charge in [-0.05, 0) is 12.1 Å². The second-order valence-electron chi connectivity index (χ2n) is 3.50. The molecule has 0 spiro atoms. The lowest BCUT2D eigenvalue weighted by Crippen LogP contribution is -2.55. The van der Waals surface area contributed by atoms with Crippen LogP contribution in [0.25, 0.3) is 0 Å². The van der Waals surface area contributed by atoms with E-state index in [9.17, 15) is 4.39 Å². The maximum absolute atomic E-state index is 13.0. The van der Waals surface area contributed by atoms with Crippen molar-refractivity contribution in [3.63, 3.8) is 0 Å². The zero-order chi connectivity index (χ0) is 10.8. The Morgan fingerprint density at radius 1 is 1.47 bits per heavy atom. The summed E-state index contributed by atoms with van der Waals surface area (Å²) < 4.78 is 14.9. The van der Waals surface area contributed by atoms with Crippen molar-refractivity contribution in [2.24, 2.45) is 7.05 Å². The third kappa shape index (κ3) is 1.89. The van der Waals surface area contributed by atoms with Crippen LogP contribution < -0.4 is 5.73 Å². The molecule has 0 radical (unpaired) electrons. The average Bonchev–Trinajstić information content (AvgIpc) is 2.63. The van der Waals surface area contributed by atoms with E-state index in [0.29, 0.717) is 0 Å². The SMILES string of the molecule is Cn1ccnc1[C@@H]([NH3+])c1cccc(F)c1. The number of halogens is 1. The molecule has 3 nitrogen and oxygen atoms in total. The first kappa shape index (κ1) is 9.86. The Kier molecular flexibility index (Phi) is 2.51. The monoisotopic (exact) mass is 206 g/mol. The van der Waals surface area contributed by atoms with E-state index in [1.807, 2.05) is 23.9 Å². The lowest BCUT2D eigenvalue weighted by Gasteiger charge is -2.08. The number of nitrogens with zero attached hydrogens (tertiary/aromatic N) is 2. The summed E-state index contributed by atoms with van der Waals surface area (Å²) in [5.41, 5.74) is 4.84. The molecule has 0 aliphatic carbocycles. The van der Waals surface area contributed by atoms with Crippen molar-refractivity contribution in [1.82, 2.24) is 9.55 Å². The third-order valence-electron chi connectivity index (χ3n) is 2.42. The lowest BCUT2D eigenvalue weighted by molar-refractivity contribution is -0.414. The zero-order valence-electron chi connectivity index (χ0n) is 8.52. The first-order valence-corrected chi connectivity index (χ1v) is 4.74. The molecule has 0 aliphatic heterocycles. The molecule has 15 heavy (non-hydrogen) atoms. The first-order valence-electron chi connectivity index (χ1n) is 4.74. The number of quaternary nitrogens is 1. The van der Waals surface area contributed by atoms with E-state index < -0.39 is 0 Å². The molecule has 4 heteroatoms. The van der Waals surface area contributed by atoms with E-state index in [-0.39, 0.29) is 11.9 Å². The number of rotatable bonds is 2. The Morgan fingerprint density at radius 3 is 2.87 bits per heavy atom. The van der Waals surface area contributed by atoms with E-state index in [0.717, 1.165) is 11.4 Å². The fraction of sp³-hybridized carbons (Fsp3) is 0.182. The third-order valence-corrected chi connectivity index (χ3v) is 2.42. The molecule has 1 aromatic carbocycles. The van der Waals surface area contributed by atoms with Gasteiger partial charge in [0.15, 0.2) is 11.9 Å². The van der Waals surface area contributed by atoms with Crippen LogP contribution in [0.4, 0.5) is 4.39 Å². The van der Waals surface area contributed by atoms with Crippen LogP contribution in [0.2, 0.25) is 0 Å². The Morgan fingerprint density at radius 2 is 2.27 bits per heavy atom. The Bertz CT molecular complexity index is 464. The number of aromatic nitrogens is 2. The van der Waals surface area contributed by atoms with Crippen molar-refractivity contribution in [3.05, 3.63) is 53.9 Å². The van der Waals surface area contributed by atoms with Crippen LogP contribution in [-0.4, -0.2) is 9.55 Å². The zero-order valence-corrected chi connectivity index (χ0v) is 8.52. The van der Waals surface area contributed by atoms with Crippen molar-refractivity contribution in [2.75, 3.05) is 0 Å². The molecule has 0 bridgehead atoms. The highest BCUT2D eigenvalue weighted by molar-refractivity contribution is 5.23. The lowest BCUT2D eigenvalue weighted by atomic mass is 10.1. The van der Waals surface area contributed by atoms with E-state index in [4.69, 9.17) is 0 Å². The first-order chi connectivity index (χ1) is 7.18. The summed E-state index contributed by atoms with van der Waals surface area (Å²) in [4.78, 5) is 4.20. The maximum atomic E-state index is 13.0. The summed E-state index contributed by atoms with van der Waals surface area (Å²) >= 11 is 0. The highest BCUT2D eigenvalue weighted by atomic mass is 19.1. The Labute approximate surface area is 87.4 Å². The van der Waals surface area contributed by atoms with Crippen molar-refractivity contribution >= 4 is 0 Å². The summed E-state index contributed by atoms with van der Waals surface area (Å²) in [7, 11) is 1.90. The predicted octanol–water partition coefficient (Wildman–Crippen LogP) is 0.890. The maximum Gasteiger partial charge on any atom is 0.172 e. The highest BCUT2D eigenvalue weighted by Crippen LogP contribution is 2.16. The van der Waals surface area contributed by atoms with Crippen molar-refractivity contribution in [2.45, 2.75) is 6.04 Å². The van der Waals surface area contributed by atoms with Crippen molar-refractivity contribution < 1.29 is 10.1 Å². The summed E-state index contributed by atoms with van der Waals surface area (Å²) in [6.07, 6.45) is 3.57. The van der Waals surface area contributed by atoms with Crippen LogP contribution in [0, 0.1) is 5.82 Å². The van der Waals surface area contributed by atoms with E-state index >= 15 is 0 Å². The van der Waals surface area contributed by atoms with Gasteiger partial charge in [0, 0.05) is 25.0 Å². The van der Waals surface area contributed by atoms with Gasteiger partial charge in [-0.1, -0.05) is 12.1 Å². The van der Waals surface area contributed by atoms with Crippen LogP contribution in [0.1, 0.15) is 17.4 Å². The van der Waals surface area contributed by atoms with Crippen molar-refractivity contribution in [3.8, 4) is 0 Å². The summed E-state index contributed by atoms with van der Waals surface area (Å²) in [6, 6.07) is 6.32. The molecule has 1 atom stereocenters. The molecule has 78 valence electrons. The molecule has 0 saturated carbocycles. The molecule has 0 fully saturated rings. The van der Waals surface area contributed by atoms with Gasteiger partial charge in [-0.3, -0.25) is 0 Å². The minimum Gasteiger partial charge on any atom is -0.345 e. The van der Waals surface area contributed by atoms with Gasteiger partial charge >= 0.3 is 0 Å². The summed E-state index contributed by atoms with van der Waals surface area (Å²) in [5.74, 6) is 0.593. The Hall–Kier alpha value is -1.68. The second-order valence-corrected chi connectivity index (χ2v) is 3.50. The normalized spacial score (nSPS) is 12.7. The standard InChI is InChI=1S/C11H12FN3/c1-15-6-5-14-11(15)10(13)8-3-2-4-9(12)7-8/h2-7,10H,13H2,1H3/p+1/t10-/m0/s1. The van der Waals surface area contributed by atoms with Gasteiger partial charge in [0.25, 0.3) is 0 Å². The molecular weight excluding hydrogens is 193 g/mol.